The minimum absolute atomic E-state index is 0.161. The van der Waals surface area contributed by atoms with Crippen LogP contribution in [0.3, 0.4) is 0 Å². The first kappa shape index (κ1) is 37.5. The molecule has 11 heteroatoms. The molecule has 0 atom stereocenters. The highest BCUT2D eigenvalue weighted by atomic mass is 16.6. The summed E-state index contributed by atoms with van der Waals surface area (Å²) in [5, 5.41) is 6.56. The van der Waals surface area contributed by atoms with Crippen molar-refractivity contribution in [3.05, 3.63) is 0 Å². The third-order valence-electron chi connectivity index (χ3n) is 8.98. The van der Waals surface area contributed by atoms with E-state index in [4.69, 9.17) is 9.47 Å². The van der Waals surface area contributed by atoms with Gasteiger partial charge in [0, 0.05) is 103 Å². The lowest BCUT2D eigenvalue weighted by molar-refractivity contribution is -0.123. The molecule has 0 aromatic heterocycles. The van der Waals surface area contributed by atoms with Crippen LogP contribution in [-0.2, 0) is 14.3 Å². The van der Waals surface area contributed by atoms with E-state index in [0.717, 1.165) is 83.7 Å². The second-order valence-electron chi connectivity index (χ2n) is 15.1. The summed E-state index contributed by atoms with van der Waals surface area (Å²) in [6, 6.07) is 1.75. The number of ether oxygens (including phenoxy) is 2. The minimum Gasteiger partial charge on any atom is -0.444 e. The molecular formula is C34H64N6O5. The Balaban J connectivity index is 0.000000175. The number of nitrogens with one attached hydrogen (secondary N) is 2. The monoisotopic (exact) mass is 636 g/mol. The molecular weight excluding hydrogens is 572 g/mol. The number of ketones is 1. The first-order chi connectivity index (χ1) is 21.3. The van der Waals surface area contributed by atoms with Crippen LogP contribution < -0.4 is 10.6 Å². The zero-order valence-electron chi connectivity index (χ0n) is 29.3. The quantitative estimate of drug-likeness (QED) is 0.464. The van der Waals surface area contributed by atoms with Gasteiger partial charge in [-0.2, -0.15) is 0 Å². The lowest BCUT2D eigenvalue weighted by Gasteiger charge is -2.42. The average Bonchev–Trinajstić information content (AvgIpc) is 2.91. The minimum atomic E-state index is -0.387. The van der Waals surface area contributed by atoms with Crippen molar-refractivity contribution in [2.45, 2.75) is 123 Å². The summed E-state index contributed by atoms with van der Waals surface area (Å²) in [5.74, 6) is 0.435. The average molecular weight is 637 g/mol. The summed E-state index contributed by atoms with van der Waals surface area (Å²) in [7, 11) is 0. The predicted octanol–water partition coefficient (Wildman–Crippen LogP) is 4.10. The van der Waals surface area contributed by atoms with Crippen LogP contribution in [0.5, 0.6) is 0 Å². The largest absolute Gasteiger partial charge is 0.444 e. The van der Waals surface area contributed by atoms with Gasteiger partial charge in [0.25, 0.3) is 0 Å². The normalized spacial score (nSPS) is 23.3. The fourth-order valence-electron chi connectivity index (χ4n) is 5.64. The van der Waals surface area contributed by atoms with E-state index < -0.39 is 0 Å². The molecule has 6 fully saturated rings. The number of rotatable bonds is 2. The van der Waals surface area contributed by atoms with Crippen molar-refractivity contribution < 1.29 is 23.9 Å². The molecule has 0 bridgehead atoms. The van der Waals surface area contributed by atoms with Gasteiger partial charge in [0.2, 0.25) is 0 Å². The highest BCUT2D eigenvalue weighted by molar-refractivity contribution is 5.83. The van der Waals surface area contributed by atoms with E-state index in [9.17, 15) is 14.4 Å². The first-order valence-electron chi connectivity index (χ1n) is 17.7. The molecule has 11 nitrogen and oxygen atoms in total. The Kier molecular flexibility index (Phi) is 15.3. The van der Waals surface area contributed by atoms with E-state index in [1.165, 1.54) is 64.7 Å². The van der Waals surface area contributed by atoms with Gasteiger partial charge in [-0.25, -0.2) is 9.59 Å². The van der Waals surface area contributed by atoms with Crippen LogP contribution in [0, 0.1) is 0 Å². The molecule has 0 aromatic rings. The molecule has 0 radical (unpaired) electrons. The van der Waals surface area contributed by atoms with Gasteiger partial charge in [0.05, 0.1) is 0 Å². The number of carbonyl (C=O) groups is 3. The van der Waals surface area contributed by atoms with E-state index in [0.29, 0.717) is 5.78 Å². The van der Waals surface area contributed by atoms with Crippen LogP contribution in [0.15, 0.2) is 0 Å². The molecule has 0 spiro atoms. The SMILES string of the molecule is C1CC(N2CCNCC2)C1.CC(C)(C)OC(=O)N1CCN(C2CCC2)CC1.CC(C)(C)OC(=O)N1CCNCC1.O=C1CCC1. The number of nitrogens with zero attached hydrogens (tertiary/aromatic N) is 4. The lowest BCUT2D eigenvalue weighted by Crippen LogP contribution is -2.54. The Morgan fingerprint density at radius 3 is 1.24 bits per heavy atom. The van der Waals surface area contributed by atoms with Gasteiger partial charge in [-0.15, -0.1) is 0 Å². The third-order valence-corrected chi connectivity index (χ3v) is 8.98. The van der Waals surface area contributed by atoms with E-state index >= 15 is 0 Å². The smallest absolute Gasteiger partial charge is 0.410 e. The summed E-state index contributed by atoms with van der Waals surface area (Å²) in [4.78, 5) is 42.0. The summed E-state index contributed by atoms with van der Waals surface area (Å²) in [6.45, 7) is 23.2. The summed E-state index contributed by atoms with van der Waals surface area (Å²) in [5.41, 5.74) is -0.774. The Morgan fingerprint density at radius 2 is 0.933 bits per heavy atom. The molecule has 0 aromatic carbocycles. The van der Waals surface area contributed by atoms with Gasteiger partial charge in [0.1, 0.15) is 17.0 Å². The van der Waals surface area contributed by atoms with Crippen molar-refractivity contribution in [2.75, 3.05) is 78.5 Å². The van der Waals surface area contributed by atoms with Gasteiger partial charge in [-0.05, 0) is 73.6 Å². The molecule has 3 saturated heterocycles. The molecule has 2 N–H and O–H groups in total. The Morgan fingerprint density at radius 1 is 0.578 bits per heavy atom. The van der Waals surface area contributed by atoms with Crippen LogP contribution >= 0.6 is 0 Å². The molecule has 3 heterocycles. The van der Waals surface area contributed by atoms with Crippen LogP contribution in [0.25, 0.3) is 0 Å². The maximum atomic E-state index is 11.9. The number of amides is 2. The third kappa shape index (κ3) is 14.6. The van der Waals surface area contributed by atoms with Crippen molar-refractivity contribution in [3.8, 4) is 0 Å². The Bertz CT molecular complexity index is 886. The number of carbonyl (C=O) groups excluding carboxylic acids is 3. The van der Waals surface area contributed by atoms with E-state index in [1.54, 1.807) is 4.90 Å². The topological polar surface area (TPSA) is 107 Å². The number of piperazine rings is 3. The second kappa shape index (κ2) is 18.4. The predicted molar refractivity (Wildman–Crippen MR) is 179 cm³/mol. The van der Waals surface area contributed by atoms with Gasteiger partial charge in [0.15, 0.2) is 0 Å². The van der Waals surface area contributed by atoms with Crippen LogP contribution in [0.2, 0.25) is 0 Å². The second-order valence-corrected chi connectivity index (χ2v) is 15.1. The molecule has 3 saturated carbocycles. The first-order valence-corrected chi connectivity index (χ1v) is 17.7. The molecule has 6 rings (SSSR count). The highest BCUT2D eigenvalue weighted by Crippen LogP contribution is 2.26. The highest BCUT2D eigenvalue weighted by Gasteiger charge is 2.31. The maximum absolute atomic E-state index is 11.9. The number of hydrogen-bond donors (Lipinski definition) is 2. The molecule has 2 amide bonds. The molecule has 6 aliphatic rings. The van der Waals surface area contributed by atoms with Gasteiger partial charge >= 0.3 is 12.2 Å². The van der Waals surface area contributed by atoms with Gasteiger partial charge in [-0.1, -0.05) is 12.8 Å². The van der Waals surface area contributed by atoms with Crippen molar-refractivity contribution in [1.29, 1.82) is 0 Å². The van der Waals surface area contributed by atoms with E-state index in [1.807, 2.05) is 46.4 Å². The number of hydrogen-bond acceptors (Lipinski definition) is 9. The van der Waals surface area contributed by atoms with Crippen molar-refractivity contribution in [2.24, 2.45) is 0 Å². The van der Waals surface area contributed by atoms with Crippen LogP contribution in [0.4, 0.5) is 9.59 Å². The molecule has 3 aliphatic heterocycles. The van der Waals surface area contributed by atoms with E-state index in [2.05, 4.69) is 20.4 Å². The fourth-order valence-corrected chi connectivity index (χ4v) is 5.64. The zero-order valence-corrected chi connectivity index (χ0v) is 29.3. The summed E-state index contributed by atoms with van der Waals surface area (Å²) < 4.78 is 10.6. The van der Waals surface area contributed by atoms with Crippen molar-refractivity contribution in [3.63, 3.8) is 0 Å². The molecule has 260 valence electrons. The lowest BCUT2D eigenvalue weighted by atomic mass is 9.91. The van der Waals surface area contributed by atoms with Crippen LogP contribution in [0.1, 0.15) is 99.3 Å². The molecule has 3 aliphatic carbocycles. The Hall–Kier alpha value is -1.95. The fraction of sp³-hybridized carbons (Fsp3) is 0.912. The van der Waals surface area contributed by atoms with Gasteiger partial charge < -0.3 is 29.9 Å². The van der Waals surface area contributed by atoms with Gasteiger partial charge in [-0.3, -0.25) is 14.6 Å². The number of Topliss-reactive ketones (excluding diaryl/α,β-unsaturated/α-hetero) is 1. The standard InChI is InChI=1S/C13H24N2O2.C9H18N2O2.C8H16N2.C4H6O/c1-13(2,3)17-12(16)15-9-7-14(8-10-15)11-5-4-6-11;1-9(2,3)13-8(12)11-6-4-10-5-7-11;1-2-8(3-1)10-6-4-9-5-7-10;5-4-2-1-3-4/h11H,4-10H2,1-3H3;10H,4-7H2,1-3H3;8-9H,1-7H2;1-3H2. The zero-order chi connectivity index (χ0) is 32.9. The van der Waals surface area contributed by atoms with E-state index in [-0.39, 0.29) is 23.4 Å². The molecule has 45 heavy (non-hydrogen) atoms. The van der Waals surface area contributed by atoms with Crippen LogP contribution in [-0.4, -0.2) is 139 Å². The van der Waals surface area contributed by atoms with Crippen molar-refractivity contribution in [1.82, 2.24) is 30.2 Å². The Labute approximate surface area is 273 Å². The maximum Gasteiger partial charge on any atom is 0.410 e. The van der Waals surface area contributed by atoms with Crippen molar-refractivity contribution >= 4 is 18.0 Å². The molecule has 0 unspecified atom stereocenters. The summed E-state index contributed by atoms with van der Waals surface area (Å²) in [6.07, 6.45) is 10.9. The summed E-state index contributed by atoms with van der Waals surface area (Å²) >= 11 is 0.